The maximum absolute atomic E-state index is 12.6. The van der Waals surface area contributed by atoms with E-state index in [2.05, 4.69) is 20.4 Å². The molecule has 9 heteroatoms. The second kappa shape index (κ2) is 9.98. The van der Waals surface area contributed by atoms with E-state index in [0.717, 1.165) is 18.9 Å². The highest BCUT2D eigenvalue weighted by Crippen LogP contribution is 2.38. The van der Waals surface area contributed by atoms with Crippen LogP contribution in [0.5, 0.6) is 17.2 Å². The molecule has 0 spiro atoms. The highest BCUT2D eigenvalue weighted by molar-refractivity contribution is 14.0. The van der Waals surface area contributed by atoms with Crippen molar-refractivity contribution in [1.29, 1.82) is 0 Å². The van der Waals surface area contributed by atoms with Crippen LogP contribution < -0.4 is 24.8 Å². The molecule has 26 heavy (non-hydrogen) atoms. The Kier molecular flexibility index (Phi) is 7.98. The molecule has 0 atom stereocenters. The van der Waals surface area contributed by atoms with Crippen LogP contribution in [-0.4, -0.2) is 33.0 Å². The lowest BCUT2D eigenvalue weighted by Gasteiger charge is -2.15. The van der Waals surface area contributed by atoms with Crippen molar-refractivity contribution in [3.63, 3.8) is 0 Å². The summed E-state index contributed by atoms with van der Waals surface area (Å²) in [5.74, 6) is 2.51. The van der Waals surface area contributed by atoms with E-state index in [1.807, 2.05) is 0 Å². The van der Waals surface area contributed by atoms with Gasteiger partial charge in [0.2, 0.25) is 6.79 Å². The fourth-order valence-corrected chi connectivity index (χ4v) is 2.71. The predicted octanol–water partition coefficient (Wildman–Crippen LogP) is 3.49. The van der Waals surface area contributed by atoms with Crippen LogP contribution in [0.25, 0.3) is 0 Å². The zero-order chi connectivity index (χ0) is 17.6. The topological polar surface area (TPSA) is 64.1 Å². The van der Waals surface area contributed by atoms with Gasteiger partial charge in [0, 0.05) is 31.8 Å². The van der Waals surface area contributed by atoms with E-state index in [9.17, 15) is 8.78 Å². The number of ether oxygens (including phenoxy) is 3. The SMILES string of the molecule is CN=C(NCCCC1CC1)NCc1cc2c(cc1OC(F)F)OCO2.I. The Bertz CT molecular complexity index is 628. The van der Waals surface area contributed by atoms with Gasteiger partial charge in [0.1, 0.15) is 5.75 Å². The summed E-state index contributed by atoms with van der Waals surface area (Å²) in [6.07, 6.45) is 5.03. The standard InChI is InChI=1S/C17H23F2N3O3.HI/c1-20-17(21-6-2-3-11-4-5-11)22-9-12-7-14-15(24-10-23-14)8-13(12)25-16(18)19;/h7-8,11,16H,2-6,9-10H2,1H3,(H2,20,21,22);1H. The Hall–Kier alpha value is -1.52. The van der Waals surface area contributed by atoms with E-state index in [1.54, 1.807) is 13.1 Å². The van der Waals surface area contributed by atoms with E-state index in [-0.39, 0.29) is 43.1 Å². The first-order valence-electron chi connectivity index (χ1n) is 8.47. The normalized spacial score (nSPS) is 15.6. The molecule has 0 unspecified atom stereocenters. The number of rotatable bonds is 8. The number of aliphatic imine (C=N–C) groups is 1. The zero-order valence-corrected chi connectivity index (χ0v) is 16.9. The van der Waals surface area contributed by atoms with E-state index < -0.39 is 6.61 Å². The lowest BCUT2D eigenvalue weighted by atomic mass is 10.1. The number of alkyl halides is 2. The van der Waals surface area contributed by atoms with E-state index >= 15 is 0 Å². The van der Waals surface area contributed by atoms with Gasteiger partial charge in [-0.2, -0.15) is 8.78 Å². The fourth-order valence-electron chi connectivity index (χ4n) is 2.71. The number of nitrogens with zero attached hydrogens (tertiary/aromatic N) is 1. The molecule has 2 N–H and O–H groups in total. The van der Waals surface area contributed by atoms with Gasteiger partial charge < -0.3 is 24.8 Å². The molecule has 1 aliphatic carbocycles. The number of nitrogens with one attached hydrogen (secondary N) is 2. The second-order valence-corrected chi connectivity index (χ2v) is 6.13. The molecule has 0 radical (unpaired) electrons. The Morgan fingerprint density at radius 3 is 2.65 bits per heavy atom. The number of hydrogen-bond donors (Lipinski definition) is 2. The molecule has 2 aliphatic rings. The average molecular weight is 483 g/mol. The van der Waals surface area contributed by atoms with Gasteiger partial charge in [0.05, 0.1) is 0 Å². The van der Waals surface area contributed by atoms with Crippen molar-refractivity contribution in [2.45, 2.75) is 38.8 Å². The smallest absolute Gasteiger partial charge is 0.387 e. The summed E-state index contributed by atoms with van der Waals surface area (Å²) in [7, 11) is 1.67. The highest BCUT2D eigenvalue weighted by Gasteiger charge is 2.21. The van der Waals surface area contributed by atoms with Gasteiger partial charge in [0.15, 0.2) is 17.5 Å². The van der Waals surface area contributed by atoms with Gasteiger partial charge in [-0.25, -0.2) is 0 Å². The molecule has 1 saturated carbocycles. The minimum Gasteiger partial charge on any atom is -0.454 e. The predicted molar refractivity (Wildman–Crippen MR) is 105 cm³/mol. The molecule has 1 heterocycles. The molecule has 0 aromatic heterocycles. The van der Waals surface area contributed by atoms with Gasteiger partial charge in [-0.3, -0.25) is 4.99 Å². The van der Waals surface area contributed by atoms with Gasteiger partial charge in [-0.1, -0.05) is 12.8 Å². The fraction of sp³-hybridized carbons (Fsp3) is 0.588. The quantitative estimate of drug-likeness (QED) is 0.257. The third kappa shape index (κ3) is 6.03. The lowest BCUT2D eigenvalue weighted by molar-refractivity contribution is -0.0505. The number of halogens is 3. The first-order valence-corrected chi connectivity index (χ1v) is 8.47. The first-order chi connectivity index (χ1) is 12.2. The molecule has 1 fully saturated rings. The van der Waals surface area contributed by atoms with Crippen molar-refractivity contribution in [2.75, 3.05) is 20.4 Å². The molecule has 0 saturated heterocycles. The number of guanidine groups is 1. The molecule has 0 amide bonds. The first kappa shape index (κ1) is 20.8. The molecular formula is C17H24F2IN3O3. The number of fused-ring (bicyclic) bond motifs is 1. The van der Waals surface area contributed by atoms with Crippen LogP contribution in [0.1, 0.15) is 31.2 Å². The average Bonchev–Trinajstić information content (AvgIpc) is 3.30. The van der Waals surface area contributed by atoms with Gasteiger partial charge in [-0.15, -0.1) is 24.0 Å². The van der Waals surface area contributed by atoms with E-state index in [0.29, 0.717) is 23.0 Å². The Morgan fingerprint density at radius 2 is 2.00 bits per heavy atom. The van der Waals surface area contributed by atoms with E-state index in [4.69, 9.17) is 9.47 Å². The van der Waals surface area contributed by atoms with Crippen molar-refractivity contribution in [3.05, 3.63) is 17.7 Å². The monoisotopic (exact) mass is 483 g/mol. The summed E-state index contributed by atoms with van der Waals surface area (Å²) in [6.45, 7) is -1.72. The molecular weight excluding hydrogens is 459 g/mol. The summed E-state index contributed by atoms with van der Waals surface area (Å²) in [5, 5.41) is 6.34. The minimum absolute atomic E-state index is 0. The number of hydrogen-bond acceptors (Lipinski definition) is 4. The molecule has 6 nitrogen and oxygen atoms in total. The highest BCUT2D eigenvalue weighted by atomic mass is 127. The van der Waals surface area contributed by atoms with E-state index in [1.165, 1.54) is 25.3 Å². The van der Waals surface area contributed by atoms with Crippen LogP contribution >= 0.6 is 24.0 Å². The molecule has 1 aromatic rings. The maximum atomic E-state index is 12.6. The third-order valence-electron chi connectivity index (χ3n) is 4.22. The van der Waals surface area contributed by atoms with Crippen molar-refractivity contribution in [2.24, 2.45) is 10.9 Å². The van der Waals surface area contributed by atoms with Crippen LogP contribution in [0.4, 0.5) is 8.78 Å². The Balaban J connectivity index is 0.00000243. The van der Waals surface area contributed by atoms with Crippen molar-refractivity contribution < 1.29 is 23.0 Å². The van der Waals surface area contributed by atoms with Crippen LogP contribution in [-0.2, 0) is 6.54 Å². The summed E-state index contributed by atoms with van der Waals surface area (Å²) in [5.41, 5.74) is 0.547. The van der Waals surface area contributed by atoms with Crippen molar-refractivity contribution in [3.8, 4) is 17.2 Å². The van der Waals surface area contributed by atoms with Gasteiger partial charge in [0.25, 0.3) is 0 Å². The molecule has 1 aliphatic heterocycles. The van der Waals surface area contributed by atoms with Gasteiger partial charge in [-0.05, 0) is 24.8 Å². The minimum atomic E-state index is -2.90. The lowest BCUT2D eigenvalue weighted by Crippen LogP contribution is -2.37. The zero-order valence-electron chi connectivity index (χ0n) is 14.6. The van der Waals surface area contributed by atoms with Gasteiger partial charge >= 0.3 is 6.61 Å². The van der Waals surface area contributed by atoms with Crippen LogP contribution in [0, 0.1) is 5.92 Å². The third-order valence-corrected chi connectivity index (χ3v) is 4.22. The Morgan fingerprint density at radius 1 is 1.27 bits per heavy atom. The Labute approximate surface area is 168 Å². The van der Waals surface area contributed by atoms with Crippen LogP contribution in [0.3, 0.4) is 0 Å². The summed E-state index contributed by atoms with van der Waals surface area (Å²) < 4.78 is 40.4. The largest absolute Gasteiger partial charge is 0.454 e. The van der Waals surface area contributed by atoms with Crippen LogP contribution in [0.2, 0.25) is 0 Å². The summed E-state index contributed by atoms with van der Waals surface area (Å²) in [6, 6.07) is 3.07. The molecule has 3 rings (SSSR count). The van der Waals surface area contributed by atoms with Crippen molar-refractivity contribution >= 4 is 29.9 Å². The summed E-state index contributed by atoms with van der Waals surface area (Å²) in [4.78, 5) is 4.15. The summed E-state index contributed by atoms with van der Waals surface area (Å²) >= 11 is 0. The van der Waals surface area contributed by atoms with Crippen molar-refractivity contribution in [1.82, 2.24) is 10.6 Å². The maximum Gasteiger partial charge on any atom is 0.387 e. The molecule has 146 valence electrons. The van der Waals surface area contributed by atoms with Crippen LogP contribution in [0.15, 0.2) is 17.1 Å². The molecule has 0 bridgehead atoms. The molecule has 1 aromatic carbocycles. The second-order valence-electron chi connectivity index (χ2n) is 6.13. The number of benzene rings is 1.